The molecule has 6 nitrogen and oxygen atoms in total. The number of halogens is 4. The summed E-state index contributed by atoms with van der Waals surface area (Å²) >= 11 is 6.31. The molecule has 156 valence electrons. The molecule has 0 saturated heterocycles. The van der Waals surface area contributed by atoms with E-state index < -0.39 is 11.7 Å². The lowest BCUT2D eigenvalue weighted by molar-refractivity contribution is -0.137. The standard InChI is InChI=1S/C20H17ClF3N5O/c21-16-7-12(10-30)8-25-19(16)29-6-5-15-17(9-29)26-11-27-18(15)28-14-3-1-13(2-4-14)20(22,23)24/h1-4,7-8,11,30H,5-6,9-10H2,(H,26,27,28). The summed E-state index contributed by atoms with van der Waals surface area (Å²) in [7, 11) is 0. The largest absolute Gasteiger partial charge is 0.416 e. The molecule has 0 atom stereocenters. The number of hydrogen-bond donors (Lipinski definition) is 2. The van der Waals surface area contributed by atoms with Crippen LogP contribution in [0.2, 0.25) is 5.02 Å². The number of benzene rings is 1. The smallest absolute Gasteiger partial charge is 0.392 e. The van der Waals surface area contributed by atoms with Crippen LogP contribution in [0, 0.1) is 0 Å². The van der Waals surface area contributed by atoms with Gasteiger partial charge in [0.25, 0.3) is 0 Å². The lowest BCUT2D eigenvalue weighted by Gasteiger charge is -2.30. The van der Waals surface area contributed by atoms with E-state index in [1.165, 1.54) is 18.5 Å². The number of aromatic nitrogens is 3. The third-order valence-electron chi connectivity index (χ3n) is 4.84. The zero-order valence-corrected chi connectivity index (χ0v) is 16.4. The van der Waals surface area contributed by atoms with Crippen molar-refractivity contribution < 1.29 is 18.3 Å². The van der Waals surface area contributed by atoms with E-state index in [2.05, 4.69) is 20.3 Å². The van der Waals surface area contributed by atoms with Crippen molar-refractivity contribution in [2.75, 3.05) is 16.8 Å². The number of rotatable bonds is 4. The van der Waals surface area contributed by atoms with Crippen molar-refractivity contribution in [1.82, 2.24) is 15.0 Å². The van der Waals surface area contributed by atoms with Crippen molar-refractivity contribution in [3.05, 3.63) is 70.3 Å². The predicted molar refractivity (Wildman–Crippen MR) is 107 cm³/mol. The molecule has 30 heavy (non-hydrogen) atoms. The third kappa shape index (κ3) is 4.17. The number of anilines is 3. The highest BCUT2D eigenvalue weighted by molar-refractivity contribution is 6.33. The maximum atomic E-state index is 12.7. The summed E-state index contributed by atoms with van der Waals surface area (Å²) in [6.07, 6.45) is -0.771. The normalized spacial score (nSPS) is 13.8. The number of pyridine rings is 1. The van der Waals surface area contributed by atoms with Crippen molar-refractivity contribution in [2.24, 2.45) is 0 Å². The number of fused-ring (bicyclic) bond motifs is 1. The van der Waals surface area contributed by atoms with E-state index in [1.807, 2.05) is 4.90 Å². The fraction of sp³-hybridized carbons (Fsp3) is 0.250. The monoisotopic (exact) mass is 435 g/mol. The van der Waals surface area contributed by atoms with Gasteiger partial charge in [-0.05, 0) is 42.3 Å². The molecule has 0 bridgehead atoms. The Hall–Kier alpha value is -2.91. The van der Waals surface area contributed by atoms with Crippen LogP contribution >= 0.6 is 11.6 Å². The summed E-state index contributed by atoms with van der Waals surface area (Å²) < 4.78 is 38.2. The van der Waals surface area contributed by atoms with E-state index in [4.69, 9.17) is 11.6 Å². The van der Waals surface area contributed by atoms with E-state index in [0.717, 1.165) is 23.4 Å². The first-order valence-electron chi connectivity index (χ1n) is 9.12. The first-order valence-corrected chi connectivity index (χ1v) is 9.50. The van der Waals surface area contributed by atoms with Crippen molar-refractivity contribution in [2.45, 2.75) is 25.7 Å². The van der Waals surface area contributed by atoms with E-state index in [9.17, 15) is 18.3 Å². The Morgan fingerprint density at radius 1 is 1.13 bits per heavy atom. The molecule has 0 aliphatic carbocycles. The summed E-state index contributed by atoms with van der Waals surface area (Å²) in [5, 5.41) is 12.7. The van der Waals surface area contributed by atoms with Crippen molar-refractivity contribution in [3.63, 3.8) is 0 Å². The van der Waals surface area contributed by atoms with Gasteiger partial charge in [-0.2, -0.15) is 13.2 Å². The lowest BCUT2D eigenvalue weighted by atomic mass is 10.1. The van der Waals surface area contributed by atoms with Gasteiger partial charge in [0.05, 0.1) is 29.4 Å². The summed E-state index contributed by atoms with van der Waals surface area (Å²) in [5.74, 6) is 1.17. The van der Waals surface area contributed by atoms with E-state index in [0.29, 0.717) is 47.4 Å². The number of nitrogens with one attached hydrogen (secondary N) is 1. The Kier molecular flexibility index (Phi) is 5.48. The van der Waals surface area contributed by atoms with Gasteiger partial charge in [-0.3, -0.25) is 0 Å². The van der Waals surface area contributed by atoms with Gasteiger partial charge in [-0.25, -0.2) is 15.0 Å². The van der Waals surface area contributed by atoms with Gasteiger partial charge >= 0.3 is 6.18 Å². The summed E-state index contributed by atoms with van der Waals surface area (Å²) in [5.41, 5.74) is 2.12. The molecule has 0 fully saturated rings. The third-order valence-corrected chi connectivity index (χ3v) is 5.12. The molecule has 0 amide bonds. The van der Waals surface area contributed by atoms with Crippen LogP contribution in [0.5, 0.6) is 0 Å². The maximum absolute atomic E-state index is 12.7. The molecule has 3 aromatic rings. The zero-order chi connectivity index (χ0) is 21.3. The second kappa shape index (κ2) is 8.08. The minimum absolute atomic E-state index is 0.137. The number of aliphatic hydroxyl groups is 1. The van der Waals surface area contributed by atoms with Gasteiger partial charge in [0.1, 0.15) is 18.0 Å². The van der Waals surface area contributed by atoms with Crippen molar-refractivity contribution in [1.29, 1.82) is 0 Å². The Bertz CT molecular complexity index is 1060. The van der Waals surface area contributed by atoms with Gasteiger partial charge in [-0.1, -0.05) is 11.6 Å². The maximum Gasteiger partial charge on any atom is 0.416 e. The Labute approximate surface area is 175 Å². The lowest BCUT2D eigenvalue weighted by Crippen LogP contribution is -2.32. The van der Waals surface area contributed by atoms with Gasteiger partial charge in [0.15, 0.2) is 0 Å². The minimum Gasteiger partial charge on any atom is -0.392 e. The molecule has 2 N–H and O–H groups in total. The SMILES string of the molecule is OCc1cnc(N2CCc3c(ncnc3Nc3ccc(C(F)(F)F)cc3)C2)c(Cl)c1. The summed E-state index contributed by atoms with van der Waals surface area (Å²) in [6, 6.07) is 6.48. The fourth-order valence-corrected chi connectivity index (χ4v) is 3.62. The molecule has 0 radical (unpaired) electrons. The number of alkyl halides is 3. The quantitative estimate of drug-likeness (QED) is 0.635. The molecule has 1 aromatic carbocycles. The van der Waals surface area contributed by atoms with Crippen LogP contribution in [-0.4, -0.2) is 26.6 Å². The van der Waals surface area contributed by atoms with E-state index >= 15 is 0 Å². The highest BCUT2D eigenvalue weighted by atomic mass is 35.5. The van der Waals surface area contributed by atoms with Crippen LogP contribution in [-0.2, 0) is 25.7 Å². The zero-order valence-electron chi connectivity index (χ0n) is 15.6. The molecular formula is C20H17ClF3N5O. The van der Waals surface area contributed by atoms with Crippen LogP contribution in [0.15, 0.2) is 42.9 Å². The Balaban J connectivity index is 1.54. The van der Waals surface area contributed by atoms with Crippen molar-refractivity contribution >= 4 is 28.9 Å². The van der Waals surface area contributed by atoms with Crippen LogP contribution in [0.4, 0.5) is 30.5 Å². The van der Waals surface area contributed by atoms with Crippen LogP contribution in [0.25, 0.3) is 0 Å². The summed E-state index contributed by atoms with van der Waals surface area (Å²) in [4.78, 5) is 15.0. The van der Waals surface area contributed by atoms with Crippen LogP contribution in [0.3, 0.4) is 0 Å². The van der Waals surface area contributed by atoms with E-state index in [1.54, 1.807) is 12.3 Å². The van der Waals surface area contributed by atoms with E-state index in [-0.39, 0.29) is 6.61 Å². The average Bonchev–Trinajstić information content (AvgIpc) is 2.73. The molecule has 10 heteroatoms. The summed E-state index contributed by atoms with van der Waals surface area (Å²) in [6.45, 7) is 0.944. The molecule has 0 spiro atoms. The first kappa shape index (κ1) is 20.4. The van der Waals surface area contributed by atoms with Gasteiger partial charge in [0.2, 0.25) is 0 Å². The van der Waals surface area contributed by atoms with Gasteiger partial charge in [-0.15, -0.1) is 0 Å². The van der Waals surface area contributed by atoms with Crippen LogP contribution < -0.4 is 10.2 Å². The number of nitrogens with zero attached hydrogens (tertiary/aromatic N) is 4. The van der Waals surface area contributed by atoms with Crippen LogP contribution in [0.1, 0.15) is 22.4 Å². The average molecular weight is 436 g/mol. The highest BCUT2D eigenvalue weighted by Gasteiger charge is 2.30. The van der Waals surface area contributed by atoms with Crippen molar-refractivity contribution in [3.8, 4) is 0 Å². The highest BCUT2D eigenvalue weighted by Crippen LogP contribution is 2.33. The Morgan fingerprint density at radius 3 is 2.57 bits per heavy atom. The molecular weight excluding hydrogens is 419 g/mol. The molecule has 2 aromatic heterocycles. The second-order valence-corrected chi connectivity index (χ2v) is 7.23. The van der Waals surface area contributed by atoms with Gasteiger partial charge in [0, 0.05) is 24.0 Å². The fourth-order valence-electron chi connectivity index (χ4n) is 3.31. The molecule has 1 aliphatic rings. The number of aliphatic hydroxyl groups excluding tert-OH is 1. The Morgan fingerprint density at radius 2 is 1.90 bits per heavy atom. The second-order valence-electron chi connectivity index (χ2n) is 6.83. The number of hydrogen-bond acceptors (Lipinski definition) is 6. The van der Waals surface area contributed by atoms with Gasteiger partial charge < -0.3 is 15.3 Å². The minimum atomic E-state index is -4.37. The predicted octanol–water partition coefficient (Wildman–Crippen LogP) is 4.34. The molecule has 4 rings (SSSR count). The molecule has 3 heterocycles. The first-order chi connectivity index (χ1) is 14.3. The topological polar surface area (TPSA) is 74.2 Å². The molecule has 1 aliphatic heterocycles. The molecule has 0 saturated carbocycles. The molecule has 0 unspecified atom stereocenters.